The van der Waals surface area contributed by atoms with Crippen molar-refractivity contribution in [1.82, 2.24) is 10.2 Å². The number of rotatable bonds is 2. The number of carbonyl (C=O) groups is 1. The molecule has 1 amide bonds. The van der Waals surface area contributed by atoms with Crippen molar-refractivity contribution in [2.75, 3.05) is 5.32 Å². The van der Waals surface area contributed by atoms with E-state index in [9.17, 15) is 4.79 Å². The van der Waals surface area contributed by atoms with Crippen LogP contribution in [0.5, 0.6) is 0 Å². The number of amides is 1. The molecule has 1 aromatic carbocycles. The van der Waals surface area contributed by atoms with E-state index >= 15 is 0 Å². The molecule has 0 saturated carbocycles. The summed E-state index contributed by atoms with van der Waals surface area (Å²) in [5.41, 5.74) is 3.49. The van der Waals surface area contributed by atoms with E-state index in [1.54, 1.807) is 5.51 Å². The SMILES string of the molecule is CC(=O)Nc1ccc(-c2nncs2)cc1. The number of nitrogens with zero attached hydrogens (tertiary/aromatic N) is 2. The van der Waals surface area contributed by atoms with Gasteiger partial charge in [-0.1, -0.05) is 11.3 Å². The number of nitrogens with one attached hydrogen (secondary N) is 1. The van der Waals surface area contributed by atoms with Crippen molar-refractivity contribution in [2.24, 2.45) is 0 Å². The number of carbonyl (C=O) groups excluding carboxylic acids is 1. The summed E-state index contributed by atoms with van der Waals surface area (Å²) in [5.74, 6) is -0.0707. The van der Waals surface area contributed by atoms with Gasteiger partial charge in [-0.3, -0.25) is 4.79 Å². The fourth-order valence-electron chi connectivity index (χ4n) is 1.20. The van der Waals surface area contributed by atoms with Crippen molar-refractivity contribution in [3.8, 4) is 10.6 Å². The summed E-state index contributed by atoms with van der Waals surface area (Å²) in [4.78, 5) is 10.8. The minimum atomic E-state index is -0.0707. The second-order valence-corrected chi connectivity index (χ2v) is 3.84. The van der Waals surface area contributed by atoms with Crippen molar-refractivity contribution in [3.05, 3.63) is 29.8 Å². The molecule has 2 rings (SSSR count). The molecule has 0 aliphatic carbocycles. The first kappa shape index (κ1) is 9.79. The monoisotopic (exact) mass is 219 g/mol. The van der Waals surface area contributed by atoms with Gasteiger partial charge in [-0.25, -0.2) is 0 Å². The highest BCUT2D eigenvalue weighted by Crippen LogP contribution is 2.22. The van der Waals surface area contributed by atoms with E-state index in [2.05, 4.69) is 15.5 Å². The molecule has 76 valence electrons. The predicted molar refractivity (Wildman–Crippen MR) is 59.6 cm³/mol. The molecule has 0 spiro atoms. The molecule has 1 heterocycles. The average molecular weight is 219 g/mol. The maximum absolute atomic E-state index is 10.8. The van der Waals surface area contributed by atoms with E-state index in [0.29, 0.717) is 0 Å². The van der Waals surface area contributed by atoms with Crippen LogP contribution in [0.25, 0.3) is 10.6 Å². The van der Waals surface area contributed by atoms with Crippen molar-refractivity contribution in [1.29, 1.82) is 0 Å². The fraction of sp³-hybridized carbons (Fsp3) is 0.100. The number of aromatic nitrogens is 2. The molecular weight excluding hydrogens is 210 g/mol. The van der Waals surface area contributed by atoms with Gasteiger partial charge in [0.1, 0.15) is 10.5 Å². The van der Waals surface area contributed by atoms with E-state index < -0.39 is 0 Å². The Morgan fingerprint density at radius 2 is 2.07 bits per heavy atom. The third-order valence-electron chi connectivity index (χ3n) is 1.81. The van der Waals surface area contributed by atoms with E-state index in [1.807, 2.05) is 24.3 Å². The van der Waals surface area contributed by atoms with Gasteiger partial charge in [0.05, 0.1) is 0 Å². The van der Waals surface area contributed by atoms with Crippen LogP contribution in [0, 0.1) is 0 Å². The molecule has 4 nitrogen and oxygen atoms in total. The molecular formula is C10H9N3OS. The molecule has 0 aliphatic heterocycles. The molecule has 15 heavy (non-hydrogen) atoms. The number of benzene rings is 1. The minimum absolute atomic E-state index is 0.0707. The van der Waals surface area contributed by atoms with Crippen molar-refractivity contribution in [3.63, 3.8) is 0 Å². The smallest absolute Gasteiger partial charge is 0.221 e. The summed E-state index contributed by atoms with van der Waals surface area (Å²) < 4.78 is 0. The average Bonchev–Trinajstić information content (AvgIpc) is 2.71. The zero-order valence-electron chi connectivity index (χ0n) is 8.10. The topological polar surface area (TPSA) is 54.9 Å². The molecule has 5 heteroatoms. The van der Waals surface area contributed by atoms with Crippen LogP contribution in [-0.2, 0) is 4.79 Å². The summed E-state index contributed by atoms with van der Waals surface area (Å²) in [6, 6.07) is 7.51. The number of anilines is 1. The van der Waals surface area contributed by atoms with Crippen molar-refractivity contribution in [2.45, 2.75) is 6.92 Å². The van der Waals surface area contributed by atoms with E-state index in [-0.39, 0.29) is 5.91 Å². The lowest BCUT2D eigenvalue weighted by atomic mass is 10.2. The van der Waals surface area contributed by atoms with Gasteiger partial charge in [-0.05, 0) is 24.3 Å². The van der Waals surface area contributed by atoms with Gasteiger partial charge in [0.2, 0.25) is 5.91 Å². The Balaban J connectivity index is 2.21. The Kier molecular flexibility index (Phi) is 2.73. The summed E-state index contributed by atoms with van der Waals surface area (Å²) in [6.45, 7) is 1.48. The first-order chi connectivity index (χ1) is 7.25. The lowest BCUT2D eigenvalue weighted by Crippen LogP contribution is -2.05. The molecule has 2 aromatic rings. The molecule has 0 bridgehead atoms. The molecule has 0 saturated heterocycles. The second-order valence-electron chi connectivity index (χ2n) is 3.00. The largest absolute Gasteiger partial charge is 0.326 e. The molecule has 1 aromatic heterocycles. The lowest BCUT2D eigenvalue weighted by molar-refractivity contribution is -0.114. The van der Waals surface area contributed by atoms with E-state index in [4.69, 9.17) is 0 Å². The van der Waals surface area contributed by atoms with Gasteiger partial charge >= 0.3 is 0 Å². The number of hydrogen-bond donors (Lipinski definition) is 1. The molecule has 0 radical (unpaired) electrons. The van der Waals surface area contributed by atoms with Crippen LogP contribution < -0.4 is 5.32 Å². The van der Waals surface area contributed by atoms with Crippen LogP contribution in [0.15, 0.2) is 29.8 Å². The first-order valence-corrected chi connectivity index (χ1v) is 5.28. The Labute approximate surface area is 91.0 Å². The molecule has 0 fully saturated rings. The van der Waals surface area contributed by atoms with Gasteiger partial charge in [0, 0.05) is 18.2 Å². The standard InChI is InChI=1S/C10H9N3OS/c1-7(14)12-9-4-2-8(3-5-9)10-13-11-6-15-10/h2-6H,1H3,(H,12,14). The highest BCUT2D eigenvalue weighted by molar-refractivity contribution is 7.12. The second kappa shape index (κ2) is 4.18. The van der Waals surface area contributed by atoms with Crippen LogP contribution in [0.1, 0.15) is 6.92 Å². The van der Waals surface area contributed by atoms with E-state index in [1.165, 1.54) is 18.3 Å². The Morgan fingerprint density at radius 3 is 2.60 bits per heavy atom. The highest BCUT2D eigenvalue weighted by atomic mass is 32.1. The van der Waals surface area contributed by atoms with Crippen molar-refractivity contribution < 1.29 is 4.79 Å². The highest BCUT2D eigenvalue weighted by Gasteiger charge is 2.01. The van der Waals surface area contributed by atoms with Crippen LogP contribution >= 0.6 is 11.3 Å². The van der Waals surface area contributed by atoms with Crippen LogP contribution in [0.2, 0.25) is 0 Å². The third kappa shape index (κ3) is 2.38. The maximum atomic E-state index is 10.8. The van der Waals surface area contributed by atoms with Gasteiger partial charge < -0.3 is 5.32 Å². The zero-order valence-corrected chi connectivity index (χ0v) is 8.91. The van der Waals surface area contributed by atoms with Gasteiger partial charge in [0.25, 0.3) is 0 Å². The molecule has 0 aliphatic rings. The maximum Gasteiger partial charge on any atom is 0.221 e. The Bertz CT molecular complexity index is 450. The minimum Gasteiger partial charge on any atom is -0.326 e. The van der Waals surface area contributed by atoms with E-state index in [0.717, 1.165) is 16.3 Å². The summed E-state index contributed by atoms with van der Waals surface area (Å²) >= 11 is 1.49. The fourth-order valence-corrected chi connectivity index (χ4v) is 1.76. The Hall–Kier alpha value is -1.75. The first-order valence-electron chi connectivity index (χ1n) is 4.40. The van der Waals surface area contributed by atoms with Crippen molar-refractivity contribution >= 4 is 22.9 Å². The number of hydrogen-bond acceptors (Lipinski definition) is 4. The summed E-state index contributed by atoms with van der Waals surface area (Å²) in [6.07, 6.45) is 0. The summed E-state index contributed by atoms with van der Waals surface area (Å²) in [7, 11) is 0. The van der Waals surface area contributed by atoms with Gasteiger partial charge in [-0.2, -0.15) is 0 Å². The third-order valence-corrected chi connectivity index (χ3v) is 2.55. The van der Waals surface area contributed by atoms with Crippen LogP contribution in [0.4, 0.5) is 5.69 Å². The van der Waals surface area contributed by atoms with Gasteiger partial charge in [0.15, 0.2) is 0 Å². The molecule has 1 N–H and O–H groups in total. The lowest BCUT2D eigenvalue weighted by Gasteiger charge is -2.01. The Morgan fingerprint density at radius 1 is 1.33 bits per heavy atom. The quantitative estimate of drug-likeness (QED) is 0.842. The van der Waals surface area contributed by atoms with Gasteiger partial charge in [-0.15, -0.1) is 10.2 Å². The van der Waals surface area contributed by atoms with Crippen LogP contribution in [0.3, 0.4) is 0 Å². The normalized spacial score (nSPS) is 9.93. The molecule has 0 atom stereocenters. The molecule has 0 unspecified atom stereocenters. The zero-order chi connectivity index (χ0) is 10.7. The summed E-state index contributed by atoms with van der Waals surface area (Å²) in [5, 5.41) is 11.3. The van der Waals surface area contributed by atoms with Crippen LogP contribution in [-0.4, -0.2) is 16.1 Å². The predicted octanol–water partition coefficient (Wildman–Crippen LogP) is 2.16.